The Bertz CT molecular complexity index is 742. The van der Waals surface area contributed by atoms with Crippen molar-refractivity contribution in [1.29, 1.82) is 0 Å². The van der Waals surface area contributed by atoms with Crippen molar-refractivity contribution in [3.63, 3.8) is 0 Å². The lowest BCUT2D eigenvalue weighted by molar-refractivity contribution is 0.102. The lowest BCUT2D eigenvalue weighted by Crippen LogP contribution is -2.36. The predicted molar refractivity (Wildman–Crippen MR) is 97.0 cm³/mol. The summed E-state index contributed by atoms with van der Waals surface area (Å²) in [7, 11) is 3.11. The normalized spacial score (nSPS) is 14.1. The van der Waals surface area contributed by atoms with Gasteiger partial charge in [-0.3, -0.25) is 4.79 Å². The summed E-state index contributed by atoms with van der Waals surface area (Å²) in [5.41, 5.74) is 2.18. The molecule has 6 nitrogen and oxygen atoms in total. The van der Waals surface area contributed by atoms with Crippen molar-refractivity contribution < 1.29 is 19.0 Å². The minimum Gasteiger partial charge on any atom is -0.497 e. The second kappa shape index (κ2) is 7.90. The van der Waals surface area contributed by atoms with Crippen LogP contribution in [0.5, 0.6) is 11.5 Å². The molecular formula is C19H22N2O4. The SMILES string of the molecule is COc1ccc(OC)c(C(=O)Nc2ccccc2N2CCOCC2)c1. The number of para-hydroxylation sites is 2. The van der Waals surface area contributed by atoms with Crippen LogP contribution in [0.15, 0.2) is 42.5 Å². The highest BCUT2D eigenvalue weighted by Gasteiger charge is 2.18. The van der Waals surface area contributed by atoms with Gasteiger partial charge in [0.05, 0.1) is 44.4 Å². The highest BCUT2D eigenvalue weighted by atomic mass is 16.5. The van der Waals surface area contributed by atoms with Crippen LogP contribution in [0.1, 0.15) is 10.4 Å². The Kier molecular flexibility index (Phi) is 5.40. The highest BCUT2D eigenvalue weighted by Crippen LogP contribution is 2.29. The summed E-state index contributed by atoms with van der Waals surface area (Å²) in [6.07, 6.45) is 0. The number of hydrogen-bond donors (Lipinski definition) is 1. The third kappa shape index (κ3) is 3.85. The van der Waals surface area contributed by atoms with Crippen LogP contribution in [0.3, 0.4) is 0 Å². The Balaban J connectivity index is 1.86. The van der Waals surface area contributed by atoms with Crippen LogP contribution in [-0.2, 0) is 4.74 Å². The summed E-state index contributed by atoms with van der Waals surface area (Å²) in [6.45, 7) is 2.97. The summed E-state index contributed by atoms with van der Waals surface area (Å²) in [4.78, 5) is 15.0. The van der Waals surface area contributed by atoms with E-state index in [2.05, 4.69) is 10.2 Å². The highest BCUT2D eigenvalue weighted by molar-refractivity contribution is 6.08. The zero-order chi connectivity index (χ0) is 17.6. The number of hydrogen-bond acceptors (Lipinski definition) is 5. The number of benzene rings is 2. The summed E-state index contributed by atoms with van der Waals surface area (Å²) >= 11 is 0. The Morgan fingerprint density at radius 3 is 2.56 bits per heavy atom. The lowest BCUT2D eigenvalue weighted by Gasteiger charge is -2.30. The average Bonchev–Trinajstić information content (AvgIpc) is 2.68. The maximum absolute atomic E-state index is 12.8. The number of nitrogens with one attached hydrogen (secondary N) is 1. The fourth-order valence-electron chi connectivity index (χ4n) is 2.84. The van der Waals surface area contributed by atoms with Gasteiger partial charge in [-0.1, -0.05) is 12.1 Å². The number of anilines is 2. The molecule has 0 saturated carbocycles. The number of ether oxygens (including phenoxy) is 3. The third-order valence-electron chi connectivity index (χ3n) is 4.16. The van der Waals surface area contributed by atoms with Gasteiger partial charge in [0.15, 0.2) is 0 Å². The molecule has 3 rings (SSSR count). The molecule has 1 heterocycles. The van der Waals surface area contributed by atoms with Crippen LogP contribution in [0, 0.1) is 0 Å². The van der Waals surface area contributed by atoms with E-state index in [9.17, 15) is 4.79 Å². The predicted octanol–water partition coefficient (Wildman–Crippen LogP) is 2.79. The van der Waals surface area contributed by atoms with Crippen molar-refractivity contribution in [2.24, 2.45) is 0 Å². The average molecular weight is 342 g/mol. The number of amides is 1. The molecule has 2 aromatic rings. The first kappa shape index (κ1) is 17.1. The second-order valence-corrected chi connectivity index (χ2v) is 5.64. The molecule has 132 valence electrons. The first-order valence-corrected chi connectivity index (χ1v) is 8.18. The first-order chi connectivity index (χ1) is 12.2. The molecular weight excluding hydrogens is 320 g/mol. The fourth-order valence-corrected chi connectivity index (χ4v) is 2.84. The van der Waals surface area contributed by atoms with E-state index in [1.165, 1.54) is 0 Å². The molecule has 2 aromatic carbocycles. The zero-order valence-electron chi connectivity index (χ0n) is 14.5. The number of rotatable bonds is 5. The van der Waals surface area contributed by atoms with Gasteiger partial charge in [-0.25, -0.2) is 0 Å². The molecule has 1 saturated heterocycles. The molecule has 1 aliphatic heterocycles. The molecule has 0 spiro atoms. The van der Waals surface area contributed by atoms with Crippen molar-refractivity contribution in [2.45, 2.75) is 0 Å². The molecule has 0 bridgehead atoms. The third-order valence-corrected chi connectivity index (χ3v) is 4.16. The monoisotopic (exact) mass is 342 g/mol. The quantitative estimate of drug-likeness (QED) is 0.905. The van der Waals surface area contributed by atoms with E-state index in [0.717, 1.165) is 24.5 Å². The smallest absolute Gasteiger partial charge is 0.259 e. The Labute approximate surface area is 147 Å². The van der Waals surface area contributed by atoms with Crippen LogP contribution in [0.4, 0.5) is 11.4 Å². The van der Waals surface area contributed by atoms with Gasteiger partial charge in [-0.05, 0) is 30.3 Å². The lowest BCUT2D eigenvalue weighted by atomic mass is 10.1. The molecule has 1 fully saturated rings. The minimum absolute atomic E-state index is 0.239. The Morgan fingerprint density at radius 1 is 1.08 bits per heavy atom. The van der Waals surface area contributed by atoms with Crippen LogP contribution < -0.4 is 19.7 Å². The first-order valence-electron chi connectivity index (χ1n) is 8.18. The van der Waals surface area contributed by atoms with Gasteiger partial charge >= 0.3 is 0 Å². The number of carbonyl (C=O) groups is 1. The summed E-state index contributed by atoms with van der Waals surface area (Å²) in [5.74, 6) is 0.867. The van der Waals surface area contributed by atoms with E-state index in [0.29, 0.717) is 30.3 Å². The summed E-state index contributed by atoms with van der Waals surface area (Å²) < 4.78 is 15.9. The molecule has 6 heteroatoms. The van der Waals surface area contributed by atoms with Crippen molar-refractivity contribution >= 4 is 17.3 Å². The summed E-state index contributed by atoms with van der Waals surface area (Å²) in [6, 6.07) is 12.9. The van der Waals surface area contributed by atoms with Gasteiger partial charge in [-0.15, -0.1) is 0 Å². The van der Waals surface area contributed by atoms with Crippen LogP contribution in [0.25, 0.3) is 0 Å². The van der Waals surface area contributed by atoms with E-state index in [-0.39, 0.29) is 5.91 Å². The van der Waals surface area contributed by atoms with Crippen molar-refractivity contribution in [2.75, 3.05) is 50.7 Å². The molecule has 1 N–H and O–H groups in total. The van der Waals surface area contributed by atoms with E-state index in [1.54, 1.807) is 32.4 Å². The standard InChI is InChI=1S/C19H22N2O4/c1-23-14-7-8-18(24-2)15(13-14)19(22)20-16-5-3-4-6-17(16)21-9-11-25-12-10-21/h3-8,13H,9-12H2,1-2H3,(H,20,22). The van der Waals surface area contributed by atoms with Crippen molar-refractivity contribution in [3.8, 4) is 11.5 Å². The molecule has 1 amide bonds. The molecule has 0 aromatic heterocycles. The number of methoxy groups -OCH3 is 2. The largest absolute Gasteiger partial charge is 0.497 e. The maximum atomic E-state index is 12.8. The zero-order valence-corrected chi connectivity index (χ0v) is 14.5. The van der Waals surface area contributed by atoms with E-state index in [4.69, 9.17) is 14.2 Å². The Morgan fingerprint density at radius 2 is 1.84 bits per heavy atom. The topological polar surface area (TPSA) is 60.0 Å². The molecule has 0 radical (unpaired) electrons. The number of morpholine rings is 1. The van der Waals surface area contributed by atoms with Crippen LogP contribution in [-0.4, -0.2) is 46.4 Å². The fraction of sp³-hybridized carbons (Fsp3) is 0.316. The molecule has 0 atom stereocenters. The number of nitrogens with zero attached hydrogens (tertiary/aromatic N) is 1. The van der Waals surface area contributed by atoms with E-state index >= 15 is 0 Å². The molecule has 0 unspecified atom stereocenters. The van der Waals surface area contributed by atoms with Gasteiger partial charge in [0.2, 0.25) is 0 Å². The van der Waals surface area contributed by atoms with E-state index < -0.39 is 0 Å². The molecule has 0 aliphatic carbocycles. The number of carbonyl (C=O) groups excluding carboxylic acids is 1. The van der Waals surface area contributed by atoms with Gasteiger partial charge in [-0.2, -0.15) is 0 Å². The van der Waals surface area contributed by atoms with Crippen LogP contribution >= 0.6 is 0 Å². The molecule has 1 aliphatic rings. The van der Waals surface area contributed by atoms with Gasteiger partial charge in [0.25, 0.3) is 5.91 Å². The maximum Gasteiger partial charge on any atom is 0.259 e. The van der Waals surface area contributed by atoms with Crippen molar-refractivity contribution in [3.05, 3.63) is 48.0 Å². The van der Waals surface area contributed by atoms with Gasteiger partial charge in [0, 0.05) is 13.1 Å². The van der Waals surface area contributed by atoms with E-state index in [1.807, 2.05) is 24.3 Å². The second-order valence-electron chi connectivity index (χ2n) is 5.64. The van der Waals surface area contributed by atoms with Crippen molar-refractivity contribution in [1.82, 2.24) is 0 Å². The molecule has 25 heavy (non-hydrogen) atoms. The van der Waals surface area contributed by atoms with Gasteiger partial charge in [0.1, 0.15) is 11.5 Å². The van der Waals surface area contributed by atoms with Gasteiger partial charge < -0.3 is 24.4 Å². The minimum atomic E-state index is -0.239. The van der Waals surface area contributed by atoms with Crippen LogP contribution in [0.2, 0.25) is 0 Å². The Hall–Kier alpha value is -2.73. The summed E-state index contributed by atoms with van der Waals surface area (Å²) in [5, 5.41) is 2.99.